The van der Waals surface area contributed by atoms with Gasteiger partial charge in [-0.25, -0.2) is 9.97 Å². The Morgan fingerprint density at radius 1 is 1.19 bits per heavy atom. The molecule has 7 heteroatoms. The molecule has 4 fully saturated rings. The van der Waals surface area contributed by atoms with Gasteiger partial charge in [-0.2, -0.15) is 0 Å². The molecule has 0 saturated heterocycles. The summed E-state index contributed by atoms with van der Waals surface area (Å²) in [5.41, 5.74) is 2.65. The Hall–Kier alpha value is -2.54. The van der Waals surface area contributed by atoms with Crippen LogP contribution >= 0.6 is 0 Å². The van der Waals surface area contributed by atoms with Gasteiger partial charge in [0.1, 0.15) is 12.1 Å². The maximum Gasteiger partial charge on any atom is 0.255 e. The molecule has 1 atom stereocenters. The number of carbonyl (C=O) groups is 1. The fourth-order valence-corrected chi connectivity index (χ4v) is 7.35. The Morgan fingerprint density at radius 2 is 1.94 bits per heavy atom. The molecule has 168 valence electrons. The zero-order valence-electron chi connectivity index (χ0n) is 18.4. The average Bonchev–Trinajstić information content (AvgIpc) is 2.81. The Morgan fingerprint density at radius 3 is 2.62 bits per heavy atom. The lowest BCUT2D eigenvalue weighted by Gasteiger charge is -2.58. The molecule has 4 bridgehead atoms. The minimum absolute atomic E-state index is 0.0193. The van der Waals surface area contributed by atoms with Gasteiger partial charge in [0.25, 0.3) is 5.91 Å². The second-order valence-electron chi connectivity index (χ2n) is 10.5. The first-order valence-corrected chi connectivity index (χ1v) is 12.0. The van der Waals surface area contributed by atoms with Crippen molar-refractivity contribution in [3.63, 3.8) is 0 Å². The number of fused-ring (bicyclic) bond motifs is 1. The van der Waals surface area contributed by atoms with Crippen LogP contribution in [0.2, 0.25) is 0 Å². The van der Waals surface area contributed by atoms with Gasteiger partial charge >= 0.3 is 0 Å². The van der Waals surface area contributed by atoms with Gasteiger partial charge in [0.15, 0.2) is 0 Å². The van der Waals surface area contributed by atoms with Crippen molar-refractivity contribution in [2.45, 2.75) is 57.6 Å². The van der Waals surface area contributed by atoms with Crippen molar-refractivity contribution >= 4 is 11.7 Å². The van der Waals surface area contributed by atoms with Crippen LogP contribution in [0, 0.1) is 23.2 Å². The van der Waals surface area contributed by atoms with Crippen molar-refractivity contribution in [2.75, 3.05) is 18.4 Å². The fraction of sp³-hybridized carbons (Fsp3) is 0.600. The molecule has 0 spiro atoms. The van der Waals surface area contributed by atoms with Crippen molar-refractivity contribution in [3.8, 4) is 0 Å². The molecule has 32 heavy (non-hydrogen) atoms. The lowest BCUT2D eigenvalue weighted by atomic mass is 9.48. The topological polar surface area (TPSA) is 91.2 Å². The fourth-order valence-electron chi connectivity index (χ4n) is 7.35. The highest BCUT2D eigenvalue weighted by Crippen LogP contribution is 2.61. The normalized spacial score (nSPS) is 31.3. The molecule has 1 amide bonds. The minimum atomic E-state index is -0.339. The zero-order chi connectivity index (χ0) is 21.7. The van der Waals surface area contributed by atoms with Crippen LogP contribution in [-0.4, -0.2) is 50.1 Å². The number of amides is 1. The largest absolute Gasteiger partial charge is 0.391 e. The molecule has 3 heterocycles. The summed E-state index contributed by atoms with van der Waals surface area (Å²) in [5, 5.41) is 14.7. The van der Waals surface area contributed by atoms with E-state index in [1.54, 1.807) is 30.9 Å². The summed E-state index contributed by atoms with van der Waals surface area (Å²) >= 11 is 0. The van der Waals surface area contributed by atoms with Gasteiger partial charge < -0.3 is 15.3 Å². The summed E-state index contributed by atoms with van der Waals surface area (Å²) in [6.07, 6.45) is 12.9. The number of hydrogen-bond acceptors (Lipinski definition) is 6. The summed E-state index contributed by atoms with van der Waals surface area (Å²) < 4.78 is 0. The molecule has 7 nitrogen and oxygen atoms in total. The van der Waals surface area contributed by atoms with Crippen molar-refractivity contribution in [1.82, 2.24) is 19.9 Å². The van der Waals surface area contributed by atoms with Gasteiger partial charge in [0.05, 0.1) is 23.9 Å². The summed E-state index contributed by atoms with van der Waals surface area (Å²) in [7, 11) is 0. The molecular formula is C25H31N5O2. The standard InChI is InChI=1S/C25H31N5O2/c31-22(25-9-16-6-17(10-25)8-18(7-16)11-25)13-27-23-20-3-5-30(14-21(20)28-15-29-23)24(32)19-2-1-4-26-12-19/h1-2,4,12,15-18,22,31H,3,5-11,13-14H2,(H,27,28,29). The first-order valence-electron chi connectivity index (χ1n) is 12.0. The first kappa shape index (κ1) is 20.1. The molecule has 1 unspecified atom stereocenters. The highest BCUT2D eigenvalue weighted by atomic mass is 16.3. The van der Waals surface area contributed by atoms with Gasteiger partial charge in [-0.3, -0.25) is 9.78 Å². The summed E-state index contributed by atoms with van der Waals surface area (Å²) in [5.74, 6) is 3.27. The molecule has 2 N–H and O–H groups in total. The van der Waals surface area contributed by atoms with Crippen LogP contribution in [0.15, 0.2) is 30.9 Å². The lowest BCUT2D eigenvalue weighted by Crippen LogP contribution is -2.53. The third-order valence-electron chi connectivity index (χ3n) is 8.46. The molecule has 2 aromatic rings. The summed E-state index contributed by atoms with van der Waals surface area (Å²) in [6, 6.07) is 3.58. The van der Waals surface area contributed by atoms with Crippen molar-refractivity contribution in [1.29, 1.82) is 0 Å². The minimum Gasteiger partial charge on any atom is -0.391 e. The molecule has 2 aromatic heterocycles. The highest BCUT2D eigenvalue weighted by Gasteiger charge is 2.53. The number of nitrogens with zero attached hydrogens (tertiary/aromatic N) is 4. The number of pyridine rings is 1. The van der Waals surface area contributed by atoms with E-state index in [1.165, 1.54) is 38.5 Å². The van der Waals surface area contributed by atoms with E-state index >= 15 is 0 Å². The smallest absolute Gasteiger partial charge is 0.255 e. The van der Waals surface area contributed by atoms with E-state index in [4.69, 9.17) is 0 Å². The quantitative estimate of drug-likeness (QED) is 0.753. The molecule has 5 aliphatic rings. The van der Waals surface area contributed by atoms with Gasteiger partial charge in [0.2, 0.25) is 0 Å². The number of rotatable bonds is 5. The number of carbonyl (C=O) groups excluding carboxylic acids is 1. The van der Waals surface area contributed by atoms with Gasteiger partial charge in [0, 0.05) is 31.0 Å². The third kappa shape index (κ3) is 3.47. The van der Waals surface area contributed by atoms with E-state index < -0.39 is 0 Å². The van der Waals surface area contributed by atoms with E-state index in [0.717, 1.165) is 34.8 Å². The van der Waals surface area contributed by atoms with Crippen LogP contribution in [0.3, 0.4) is 0 Å². The maximum atomic E-state index is 12.8. The molecule has 4 saturated carbocycles. The van der Waals surface area contributed by atoms with E-state index in [2.05, 4.69) is 20.3 Å². The Balaban J connectivity index is 1.14. The number of aromatic nitrogens is 3. The van der Waals surface area contributed by atoms with Crippen LogP contribution in [0.25, 0.3) is 0 Å². The predicted octanol–water partition coefficient (Wildman–Crippen LogP) is 3.06. The number of anilines is 1. The van der Waals surface area contributed by atoms with Crippen molar-refractivity contribution < 1.29 is 9.90 Å². The van der Waals surface area contributed by atoms with E-state index in [-0.39, 0.29) is 17.4 Å². The van der Waals surface area contributed by atoms with Crippen LogP contribution < -0.4 is 5.32 Å². The molecular weight excluding hydrogens is 402 g/mol. The van der Waals surface area contributed by atoms with E-state index in [9.17, 15) is 9.90 Å². The second-order valence-corrected chi connectivity index (χ2v) is 10.5. The monoisotopic (exact) mass is 433 g/mol. The van der Waals surface area contributed by atoms with Crippen LogP contribution in [0.4, 0.5) is 5.82 Å². The van der Waals surface area contributed by atoms with Crippen LogP contribution in [0.1, 0.15) is 60.1 Å². The summed E-state index contributed by atoms with van der Waals surface area (Å²) in [4.78, 5) is 27.6. The molecule has 0 radical (unpaired) electrons. The Kier molecular flexibility index (Phi) is 4.90. The van der Waals surface area contributed by atoms with E-state index in [0.29, 0.717) is 31.6 Å². The zero-order valence-corrected chi connectivity index (χ0v) is 18.4. The van der Waals surface area contributed by atoms with Gasteiger partial charge in [-0.15, -0.1) is 0 Å². The highest BCUT2D eigenvalue weighted by molar-refractivity contribution is 5.94. The summed E-state index contributed by atoms with van der Waals surface area (Å²) in [6.45, 7) is 1.63. The molecule has 0 aromatic carbocycles. The maximum absolute atomic E-state index is 12.8. The second kappa shape index (κ2) is 7.80. The average molecular weight is 434 g/mol. The Labute approximate surface area is 188 Å². The number of nitrogens with one attached hydrogen (secondary N) is 1. The van der Waals surface area contributed by atoms with Crippen LogP contribution in [0.5, 0.6) is 0 Å². The predicted molar refractivity (Wildman–Crippen MR) is 120 cm³/mol. The van der Waals surface area contributed by atoms with Gasteiger partial charge in [-0.05, 0) is 80.2 Å². The molecule has 7 rings (SSSR count). The number of hydrogen-bond donors (Lipinski definition) is 2. The van der Waals surface area contributed by atoms with Gasteiger partial charge in [-0.1, -0.05) is 0 Å². The Bertz CT molecular complexity index is 975. The van der Waals surface area contributed by atoms with Crippen LogP contribution in [-0.2, 0) is 13.0 Å². The molecule has 1 aliphatic heterocycles. The number of aliphatic hydroxyl groups is 1. The van der Waals surface area contributed by atoms with E-state index in [1.807, 2.05) is 4.90 Å². The number of aliphatic hydroxyl groups excluding tert-OH is 1. The SMILES string of the molecule is O=C(c1cccnc1)N1CCc2c(ncnc2NCC(O)C23CC4CC(CC(C4)C2)C3)C1. The van der Waals surface area contributed by atoms with Crippen molar-refractivity contribution in [3.05, 3.63) is 47.7 Å². The third-order valence-corrected chi connectivity index (χ3v) is 8.46. The first-order chi connectivity index (χ1) is 15.6. The van der Waals surface area contributed by atoms with Crippen molar-refractivity contribution in [2.24, 2.45) is 23.2 Å². The lowest BCUT2D eigenvalue weighted by molar-refractivity contribution is -0.115. The molecule has 4 aliphatic carbocycles.